The van der Waals surface area contributed by atoms with Crippen LogP contribution in [0.15, 0.2) is 77.9 Å². The second-order valence-corrected chi connectivity index (χ2v) is 8.26. The van der Waals surface area contributed by atoms with Crippen molar-refractivity contribution in [2.45, 2.75) is 13.5 Å². The maximum absolute atomic E-state index is 12.8. The molecule has 6 nitrogen and oxygen atoms in total. The first-order valence-electron chi connectivity index (χ1n) is 9.80. The number of anilines is 1. The summed E-state index contributed by atoms with van der Waals surface area (Å²) >= 11 is 1.57. The summed E-state index contributed by atoms with van der Waals surface area (Å²) in [6, 6.07) is 20.9. The molecule has 3 aromatic carbocycles. The lowest BCUT2D eigenvalue weighted by Gasteiger charge is -2.11. The third-order valence-electron chi connectivity index (χ3n) is 5.09. The Morgan fingerprint density at radius 3 is 2.71 bits per heavy atom. The third-order valence-corrected chi connectivity index (χ3v) is 6.16. The SMILES string of the molecule is Cc1cccc2c(=O)n(CC(=O)Nc3ccccc3-c3nc4ccccc4s3)cnc12. The number of rotatable bonds is 4. The normalized spacial score (nSPS) is 11.1. The molecule has 2 aromatic heterocycles. The Hall–Kier alpha value is -3.84. The Balaban J connectivity index is 1.44. The van der Waals surface area contributed by atoms with Gasteiger partial charge in [-0.3, -0.25) is 14.2 Å². The zero-order valence-electron chi connectivity index (χ0n) is 16.7. The molecule has 7 heteroatoms. The van der Waals surface area contributed by atoms with E-state index in [4.69, 9.17) is 4.98 Å². The van der Waals surface area contributed by atoms with Crippen LogP contribution in [-0.2, 0) is 11.3 Å². The van der Waals surface area contributed by atoms with E-state index in [0.717, 1.165) is 26.4 Å². The smallest absolute Gasteiger partial charge is 0.261 e. The van der Waals surface area contributed by atoms with E-state index in [1.54, 1.807) is 17.4 Å². The van der Waals surface area contributed by atoms with Gasteiger partial charge in [0.2, 0.25) is 5.91 Å². The fourth-order valence-corrected chi connectivity index (χ4v) is 4.57. The van der Waals surface area contributed by atoms with Crippen molar-refractivity contribution in [1.82, 2.24) is 14.5 Å². The van der Waals surface area contributed by atoms with Gasteiger partial charge in [-0.2, -0.15) is 0 Å². The summed E-state index contributed by atoms with van der Waals surface area (Å²) in [7, 11) is 0. The van der Waals surface area contributed by atoms with Crippen molar-refractivity contribution in [3.05, 3.63) is 89.0 Å². The summed E-state index contributed by atoms with van der Waals surface area (Å²) in [5.41, 5.74) is 3.78. The van der Waals surface area contributed by atoms with Gasteiger partial charge in [0.15, 0.2) is 0 Å². The van der Waals surface area contributed by atoms with Crippen LogP contribution in [0.4, 0.5) is 5.69 Å². The van der Waals surface area contributed by atoms with Gasteiger partial charge in [0.25, 0.3) is 5.56 Å². The van der Waals surface area contributed by atoms with Gasteiger partial charge in [-0.25, -0.2) is 9.97 Å². The molecule has 0 spiro atoms. The van der Waals surface area contributed by atoms with Gasteiger partial charge in [-0.05, 0) is 42.8 Å². The number of fused-ring (bicyclic) bond motifs is 2. The lowest BCUT2D eigenvalue weighted by Crippen LogP contribution is -2.28. The van der Waals surface area contributed by atoms with Crippen molar-refractivity contribution in [3.8, 4) is 10.6 Å². The first kappa shape index (κ1) is 19.1. The highest BCUT2D eigenvalue weighted by Gasteiger charge is 2.14. The second-order valence-electron chi connectivity index (χ2n) is 7.23. The van der Waals surface area contributed by atoms with Crippen LogP contribution in [0, 0.1) is 6.92 Å². The molecule has 0 aliphatic rings. The number of carbonyl (C=O) groups excluding carboxylic acids is 1. The van der Waals surface area contributed by atoms with Crippen molar-refractivity contribution in [3.63, 3.8) is 0 Å². The van der Waals surface area contributed by atoms with E-state index < -0.39 is 0 Å². The summed E-state index contributed by atoms with van der Waals surface area (Å²) < 4.78 is 2.42. The molecule has 0 aliphatic carbocycles. The topological polar surface area (TPSA) is 76.9 Å². The molecule has 1 amide bonds. The number of carbonyl (C=O) groups is 1. The molecular weight excluding hydrogens is 408 g/mol. The van der Waals surface area contributed by atoms with Crippen LogP contribution in [0.2, 0.25) is 0 Å². The van der Waals surface area contributed by atoms with Crippen LogP contribution < -0.4 is 10.9 Å². The van der Waals surface area contributed by atoms with Crippen LogP contribution >= 0.6 is 11.3 Å². The van der Waals surface area contributed by atoms with Crippen LogP contribution in [0.1, 0.15) is 5.56 Å². The zero-order chi connectivity index (χ0) is 21.4. The number of nitrogens with zero attached hydrogens (tertiary/aromatic N) is 3. The lowest BCUT2D eigenvalue weighted by molar-refractivity contribution is -0.116. The average molecular weight is 427 g/mol. The number of aromatic nitrogens is 3. The highest BCUT2D eigenvalue weighted by Crippen LogP contribution is 2.34. The Kier molecular flexibility index (Phi) is 4.80. The minimum Gasteiger partial charge on any atom is -0.324 e. The highest BCUT2D eigenvalue weighted by molar-refractivity contribution is 7.21. The molecular formula is C24H18N4O2S. The number of amides is 1. The predicted octanol–water partition coefficient (Wildman–Crippen LogP) is 4.62. The fourth-order valence-electron chi connectivity index (χ4n) is 3.56. The molecule has 0 bridgehead atoms. The van der Waals surface area contributed by atoms with Crippen LogP contribution in [0.3, 0.4) is 0 Å². The van der Waals surface area contributed by atoms with E-state index in [1.807, 2.05) is 67.6 Å². The molecule has 0 saturated heterocycles. The third kappa shape index (κ3) is 3.60. The molecule has 31 heavy (non-hydrogen) atoms. The van der Waals surface area contributed by atoms with Gasteiger partial charge in [0.05, 0.1) is 33.1 Å². The standard InChI is InChI=1S/C24H18N4O2S/c1-15-7-6-9-17-22(15)25-14-28(24(17)30)13-21(29)26-18-10-3-2-8-16(18)23-27-19-11-4-5-12-20(19)31-23/h2-12,14H,13H2,1H3,(H,26,29). The van der Waals surface area contributed by atoms with Crippen molar-refractivity contribution >= 4 is 44.1 Å². The molecule has 0 fully saturated rings. The lowest BCUT2D eigenvalue weighted by atomic mass is 10.1. The zero-order valence-corrected chi connectivity index (χ0v) is 17.5. The Morgan fingerprint density at radius 2 is 1.84 bits per heavy atom. The van der Waals surface area contributed by atoms with Gasteiger partial charge >= 0.3 is 0 Å². The molecule has 0 aliphatic heterocycles. The largest absolute Gasteiger partial charge is 0.324 e. The molecule has 5 aromatic rings. The Morgan fingerprint density at radius 1 is 1.03 bits per heavy atom. The van der Waals surface area contributed by atoms with Gasteiger partial charge in [-0.15, -0.1) is 11.3 Å². The molecule has 0 atom stereocenters. The number of thiazole rings is 1. The monoisotopic (exact) mass is 426 g/mol. The first-order valence-corrected chi connectivity index (χ1v) is 10.6. The molecule has 5 rings (SSSR count). The predicted molar refractivity (Wildman–Crippen MR) is 124 cm³/mol. The minimum atomic E-state index is -0.301. The first-order chi connectivity index (χ1) is 15.1. The van der Waals surface area contributed by atoms with Gasteiger partial charge in [0.1, 0.15) is 11.6 Å². The minimum absolute atomic E-state index is 0.121. The quantitative estimate of drug-likeness (QED) is 0.455. The van der Waals surface area contributed by atoms with E-state index in [1.165, 1.54) is 10.9 Å². The van der Waals surface area contributed by atoms with Crippen LogP contribution in [0.25, 0.3) is 31.7 Å². The van der Waals surface area contributed by atoms with E-state index in [-0.39, 0.29) is 18.0 Å². The van der Waals surface area contributed by atoms with Crippen molar-refractivity contribution < 1.29 is 4.79 Å². The van der Waals surface area contributed by atoms with Crippen LogP contribution in [-0.4, -0.2) is 20.4 Å². The molecule has 0 unspecified atom stereocenters. The summed E-state index contributed by atoms with van der Waals surface area (Å²) in [6.45, 7) is 1.79. The number of nitrogens with one attached hydrogen (secondary N) is 1. The van der Waals surface area contributed by atoms with Crippen molar-refractivity contribution in [1.29, 1.82) is 0 Å². The average Bonchev–Trinajstić information content (AvgIpc) is 3.20. The van der Waals surface area contributed by atoms with Crippen molar-refractivity contribution in [2.75, 3.05) is 5.32 Å². The van der Waals surface area contributed by atoms with Gasteiger partial charge in [0, 0.05) is 5.56 Å². The van der Waals surface area contributed by atoms with Crippen LogP contribution in [0.5, 0.6) is 0 Å². The van der Waals surface area contributed by atoms with Gasteiger partial charge < -0.3 is 5.32 Å². The molecule has 152 valence electrons. The summed E-state index contributed by atoms with van der Waals surface area (Å²) in [5.74, 6) is -0.301. The summed E-state index contributed by atoms with van der Waals surface area (Å²) in [4.78, 5) is 34.6. The number of para-hydroxylation sites is 3. The Labute approximate surface area is 181 Å². The summed E-state index contributed by atoms with van der Waals surface area (Å²) in [5, 5.41) is 4.26. The van der Waals surface area contributed by atoms with E-state index >= 15 is 0 Å². The number of benzene rings is 3. The number of aryl methyl sites for hydroxylation is 1. The van der Waals surface area contributed by atoms with E-state index in [9.17, 15) is 9.59 Å². The van der Waals surface area contributed by atoms with Gasteiger partial charge in [-0.1, -0.05) is 36.4 Å². The molecule has 0 saturated carbocycles. The van der Waals surface area contributed by atoms with E-state index in [2.05, 4.69) is 10.3 Å². The van der Waals surface area contributed by atoms with Crippen molar-refractivity contribution in [2.24, 2.45) is 0 Å². The maximum atomic E-state index is 12.8. The molecule has 1 N–H and O–H groups in total. The highest BCUT2D eigenvalue weighted by atomic mass is 32.1. The fraction of sp³-hybridized carbons (Fsp3) is 0.0833. The number of hydrogen-bond acceptors (Lipinski definition) is 5. The molecule has 2 heterocycles. The Bertz CT molecular complexity index is 1470. The molecule has 0 radical (unpaired) electrons. The second kappa shape index (κ2) is 7.77. The maximum Gasteiger partial charge on any atom is 0.261 e. The summed E-state index contributed by atoms with van der Waals surface area (Å²) in [6.07, 6.45) is 1.43. The number of hydrogen-bond donors (Lipinski definition) is 1. The van der Waals surface area contributed by atoms with E-state index in [0.29, 0.717) is 16.6 Å².